The maximum atomic E-state index is 8.02. The molecule has 1 rings (SSSR count). The number of nitrogens with zero attached hydrogens (tertiary/aromatic N) is 5. The molecule has 0 aromatic carbocycles. The molecule has 0 atom stereocenters. The van der Waals surface area contributed by atoms with Gasteiger partial charge < -0.3 is 0 Å². The zero-order valence-electron chi connectivity index (χ0n) is 8.60. The monoisotopic (exact) mass is 152 g/mol. The fourth-order valence-electron chi connectivity index (χ4n) is 0.531. The molecule has 0 fully saturated rings. The lowest BCUT2D eigenvalue weighted by molar-refractivity contribution is 0.892. The number of rotatable bonds is 2. The molecule has 1 aromatic heterocycles. The first-order valence-corrected chi connectivity index (χ1v) is 2.86. The van der Waals surface area contributed by atoms with Gasteiger partial charge in [0.25, 0.3) is 0 Å². The average Bonchev–Trinajstić information content (AvgIpc) is 2.14. The number of aromatic nitrogens is 2. The van der Waals surface area contributed by atoms with Gasteiger partial charge in [0.2, 0.25) is 0 Å². The smallest absolute Gasteiger partial charge is 0.134 e. The number of aryl methyl sites for hydroxylation is 1. The summed E-state index contributed by atoms with van der Waals surface area (Å²) >= 11 is 0. The molecule has 0 saturated heterocycles. The Morgan fingerprint density at radius 3 is 3.00 bits per heavy atom. The highest BCUT2D eigenvalue weighted by atomic mass is 15.1. The topological polar surface area (TPSA) is 74.5 Å². The van der Waals surface area contributed by atoms with Gasteiger partial charge in [0, 0.05) is 21.4 Å². The number of azide groups is 1. The van der Waals surface area contributed by atoms with Crippen LogP contribution in [0.4, 0.5) is 0 Å². The van der Waals surface area contributed by atoms with E-state index < -0.39 is 6.85 Å². The van der Waals surface area contributed by atoms with Gasteiger partial charge in [0.1, 0.15) is 5.82 Å². The van der Waals surface area contributed by atoms with Crippen LogP contribution < -0.4 is 0 Å². The predicted molar refractivity (Wildman–Crippen MR) is 39.6 cm³/mol. The molecular formula is C6H7N5. The molecule has 0 spiro atoms. The maximum Gasteiger partial charge on any atom is 0.134 e. The highest BCUT2D eigenvalue weighted by Crippen LogP contribution is 1.94. The van der Waals surface area contributed by atoms with Crippen LogP contribution in [-0.2, 0) is 6.54 Å². The van der Waals surface area contributed by atoms with Crippen molar-refractivity contribution in [1.82, 2.24) is 9.97 Å². The zero-order valence-corrected chi connectivity index (χ0v) is 5.60. The summed E-state index contributed by atoms with van der Waals surface area (Å²) in [7, 11) is 0. The molecule has 0 N–H and O–H groups in total. The summed E-state index contributed by atoms with van der Waals surface area (Å²) in [6, 6.07) is 0. The summed E-state index contributed by atoms with van der Waals surface area (Å²) in [4.78, 5) is 10.0. The molecule has 11 heavy (non-hydrogen) atoms. The minimum absolute atomic E-state index is 0.0256. The van der Waals surface area contributed by atoms with Crippen molar-refractivity contribution in [3.63, 3.8) is 0 Å². The van der Waals surface area contributed by atoms with E-state index in [1.165, 1.54) is 12.4 Å². The SMILES string of the molecule is [2H]C([2H])([2H])c1cnc(CN=[N+]=[N-])nc1. The molecule has 0 amide bonds. The van der Waals surface area contributed by atoms with Crippen LogP contribution in [0.1, 0.15) is 15.5 Å². The van der Waals surface area contributed by atoms with Gasteiger partial charge in [-0.15, -0.1) is 0 Å². The van der Waals surface area contributed by atoms with E-state index in [1.54, 1.807) is 0 Å². The molecule has 0 aliphatic heterocycles. The second-order valence-corrected chi connectivity index (χ2v) is 1.78. The third kappa shape index (κ3) is 2.23. The molecule has 5 heteroatoms. The standard InChI is InChI=1S/C6H7N5/c1-5-2-8-6(9-3-5)4-10-11-7/h2-3H,4H2,1H3/i1D3. The molecule has 5 nitrogen and oxygen atoms in total. The Morgan fingerprint density at radius 2 is 2.45 bits per heavy atom. The van der Waals surface area contributed by atoms with Crippen LogP contribution in [-0.4, -0.2) is 9.97 Å². The third-order valence-corrected chi connectivity index (χ3v) is 0.981. The molecule has 1 heterocycles. The predicted octanol–water partition coefficient (Wildman–Crippen LogP) is 1.60. The van der Waals surface area contributed by atoms with E-state index in [4.69, 9.17) is 9.64 Å². The summed E-state index contributed by atoms with van der Waals surface area (Å²) in [5, 5.41) is 3.25. The van der Waals surface area contributed by atoms with Crippen molar-refractivity contribution < 1.29 is 4.11 Å². The lowest BCUT2D eigenvalue weighted by atomic mass is 10.4. The van der Waals surface area contributed by atoms with Gasteiger partial charge in [-0.05, 0) is 17.9 Å². The Morgan fingerprint density at radius 1 is 1.73 bits per heavy atom. The van der Waals surface area contributed by atoms with E-state index >= 15 is 0 Å². The van der Waals surface area contributed by atoms with E-state index in [1.807, 2.05) is 0 Å². The van der Waals surface area contributed by atoms with E-state index in [0.717, 1.165) is 0 Å². The Labute approximate surface area is 67.9 Å². The lowest BCUT2D eigenvalue weighted by Crippen LogP contribution is -1.91. The van der Waals surface area contributed by atoms with Crippen LogP contribution in [0.15, 0.2) is 17.5 Å². The van der Waals surface area contributed by atoms with Crippen molar-refractivity contribution in [2.75, 3.05) is 0 Å². The van der Waals surface area contributed by atoms with Gasteiger partial charge in [0.15, 0.2) is 0 Å². The first-order valence-electron chi connectivity index (χ1n) is 4.36. The first kappa shape index (κ1) is 4.31. The molecule has 0 aliphatic carbocycles. The van der Waals surface area contributed by atoms with Crippen LogP contribution in [0.3, 0.4) is 0 Å². The summed E-state index contributed by atoms with van der Waals surface area (Å²) in [6.45, 7) is -2.17. The van der Waals surface area contributed by atoms with Gasteiger partial charge in [0.05, 0.1) is 6.54 Å². The molecule has 56 valence electrons. The summed E-state index contributed by atoms with van der Waals surface area (Å²) < 4.78 is 21.2. The minimum Gasteiger partial charge on any atom is -0.241 e. The van der Waals surface area contributed by atoms with Crippen molar-refractivity contribution in [2.24, 2.45) is 5.11 Å². The van der Waals surface area contributed by atoms with Crippen LogP contribution in [0.25, 0.3) is 10.4 Å². The normalized spacial score (nSPS) is 14.0. The van der Waals surface area contributed by atoms with Crippen molar-refractivity contribution >= 4 is 0 Å². The van der Waals surface area contributed by atoms with Gasteiger partial charge in [-0.3, -0.25) is 0 Å². The number of hydrogen-bond acceptors (Lipinski definition) is 3. The van der Waals surface area contributed by atoms with Gasteiger partial charge in [-0.2, -0.15) is 0 Å². The molecule has 0 saturated carbocycles. The lowest BCUT2D eigenvalue weighted by Gasteiger charge is -1.92. The fourth-order valence-corrected chi connectivity index (χ4v) is 0.531. The second kappa shape index (κ2) is 3.53. The Kier molecular flexibility index (Phi) is 1.38. The van der Waals surface area contributed by atoms with Crippen molar-refractivity contribution in [3.05, 3.63) is 34.2 Å². The van der Waals surface area contributed by atoms with Crippen molar-refractivity contribution in [1.29, 1.82) is 0 Å². The van der Waals surface area contributed by atoms with Crippen molar-refractivity contribution in [2.45, 2.75) is 13.4 Å². The number of hydrogen-bond donors (Lipinski definition) is 0. The van der Waals surface area contributed by atoms with E-state index in [-0.39, 0.29) is 12.1 Å². The van der Waals surface area contributed by atoms with Crippen LogP contribution in [0.2, 0.25) is 0 Å². The maximum absolute atomic E-state index is 8.02. The largest absolute Gasteiger partial charge is 0.241 e. The average molecular weight is 152 g/mol. The van der Waals surface area contributed by atoms with E-state index in [9.17, 15) is 0 Å². The fraction of sp³-hybridized carbons (Fsp3) is 0.333. The quantitative estimate of drug-likeness (QED) is 0.366. The van der Waals surface area contributed by atoms with E-state index in [0.29, 0.717) is 5.82 Å². The molecule has 0 radical (unpaired) electrons. The van der Waals surface area contributed by atoms with Crippen molar-refractivity contribution in [3.8, 4) is 0 Å². The van der Waals surface area contributed by atoms with Crippen LogP contribution in [0.5, 0.6) is 0 Å². The van der Waals surface area contributed by atoms with Crippen LogP contribution >= 0.6 is 0 Å². The zero-order chi connectivity index (χ0) is 10.6. The molecule has 0 unspecified atom stereocenters. The molecule has 0 aliphatic rings. The summed E-state index contributed by atoms with van der Waals surface area (Å²) in [5.41, 5.74) is 8.10. The first-order chi connectivity index (χ1) is 6.54. The summed E-state index contributed by atoms with van der Waals surface area (Å²) in [6.07, 6.45) is 2.42. The highest BCUT2D eigenvalue weighted by molar-refractivity contribution is 5.01. The Bertz CT molecular complexity index is 351. The summed E-state index contributed by atoms with van der Waals surface area (Å²) in [5.74, 6) is 0.302. The minimum atomic E-state index is -2.20. The highest BCUT2D eigenvalue weighted by Gasteiger charge is 1.91. The molecular weight excluding hydrogens is 142 g/mol. The van der Waals surface area contributed by atoms with E-state index in [2.05, 4.69) is 20.0 Å². The van der Waals surface area contributed by atoms with Crippen LogP contribution in [0, 0.1) is 6.85 Å². The third-order valence-electron chi connectivity index (χ3n) is 0.981. The second-order valence-electron chi connectivity index (χ2n) is 1.78. The molecule has 1 aromatic rings. The van der Waals surface area contributed by atoms with Gasteiger partial charge in [-0.25, -0.2) is 9.97 Å². The van der Waals surface area contributed by atoms with Gasteiger partial charge >= 0.3 is 0 Å². The Hall–Kier alpha value is -1.61. The van der Waals surface area contributed by atoms with Gasteiger partial charge in [-0.1, -0.05) is 5.11 Å². The Balaban J connectivity index is 2.83. The molecule has 0 bridgehead atoms.